The number of hydrogen-bond acceptors (Lipinski definition) is 5. The highest BCUT2D eigenvalue weighted by Crippen LogP contribution is 2.28. The molecular weight excluding hydrogens is 382 g/mol. The van der Waals surface area contributed by atoms with Crippen LogP contribution in [0.3, 0.4) is 0 Å². The molecule has 0 spiro atoms. The van der Waals surface area contributed by atoms with Crippen LogP contribution in [-0.2, 0) is 20.8 Å². The number of carbonyl (C=O) groups is 3. The third-order valence-electron chi connectivity index (χ3n) is 5.53. The molecule has 0 aromatic heterocycles. The van der Waals surface area contributed by atoms with Crippen LogP contribution in [0.4, 0.5) is 11.4 Å². The van der Waals surface area contributed by atoms with Gasteiger partial charge in [-0.25, -0.2) is 0 Å². The number of carbonyl (C=O) groups excluding carboxylic acids is 3. The van der Waals surface area contributed by atoms with Gasteiger partial charge in [-0.05, 0) is 30.2 Å². The molecule has 0 aliphatic carbocycles. The molecule has 2 aromatic rings. The molecule has 2 aliphatic heterocycles. The van der Waals surface area contributed by atoms with E-state index in [9.17, 15) is 14.4 Å². The predicted octanol–water partition coefficient (Wildman–Crippen LogP) is 1.38. The lowest BCUT2D eigenvalue weighted by Gasteiger charge is -2.43. The van der Waals surface area contributed by atoms with Gasteiger partial charge in [0.2, 0.25) is 17.7 Å². The van der Waals surface area contributed by atoms with Crippen molar-refractivity contribution in [2.45, 2.75) is 32.2 Å². The topological polar surface area (TPSA) is 111 Å². The van der Waals surface area contributed by atoms with Crippen LogP contribution in [0.5, 0.6) is 0 Å². The zero-order chi connectivity index (χ0) is 21.1. The van der Waals surface area contributed by atoms with Gasteiger partial charge in [-0.15, -0.1) is 0 Å². The minimum absolute atomic E-state index is 0.0346. The molecule has 8 heteroatoms. The van der Waals surface area contributed by atoms with Gasteiger partial charge in [-0.2, -0.15) is 0 Å². The van der Waals surface area contributed by atoms with Crippen LogP contribution in [0.15, 0.2) is 54.6 Å². The zero-order valence-electron chi connectivity index (χ0n) is 16.6. The highest BCUT2D eigenvalue weighted by atomic mass is 16.2. The molecule has 2 aromatic carbocycles. The van der Waals surface area contributed by atoms with E-state index in [-0.39, 0.29) is 24.1 Å². The van der Waals surface area contributed by atoms with Crippen LogP contribution in [0, 0.1) is 11.8 Å². The van der Waals surface area contributed by atoms with Crippen molar-refractivity contribution in [3.05, 3.63) is 60.2 Å². The molecule has 0 radical (unpaired) electrons. The van der Waals surface area contributed by atoms with Gasteiger partial charge in [0.05, 0.1) is 18.0 Å². The minimum Gasteiger partial charge on any atom is -0.353 e. The summed E-state index contributed by atoms with van der Waals surface area (Å²) in [4.78, 5) is 38.2. The van der Waals surface area contributed by atoms with Crippen molar-refractivity contribution < 1.29 is 14.4 Å². The fourth-order valence-electron chi connectivity index (χ4n) is 4.03. The number of fused-ring (bicyclic) bond motifs is 1. The molecule has 4 rings (SSSR count). The Balaban J connectivity index is 1.50. The highest BCUT2D eigenvalue weighted by Gasteiger charge is 2.48. The van der Waals surface area contributed by atoms with E-state index in [4.69, 9.17) is 0 Å². The van der Waals surface area contributed by atoms with Crippen molar-refractivity contribution in [1.29, 1.82) is 0 Å². The summed E-state index contributed by atoms with van der Waals surface area (Å²) in [6.07, 6.45) is -0.474. The van der Waals surface area contributed by atoms with E-state index in [1.54, 1.807) is 0 Å². The molecule has 4 atom stereocenters. The molecule has 0 bridgehead atoms. The molecule has 2 aliphatic rings. The number of rotatable bonds is 5. The van der Waals surface area contributed by atoms with Crippen molar-refractivity contribution >= 4 is 29.1 Å². The summed E-state index contributed by atoms with van der Waals surface area (Å²) in [5, 5.41) is 14.9. The Bertz CT molecular complexity index is 949. The van der Waals surface area contributed by atoms with Crippen molar-refractivity contribution in [3.63, 3.8) is 0 Å². The first kappa shape index (κ1) is 19.9. The second-order valence-corrected chi connectivity index (χ2v) is 7.50. The van der Waals surface area contributed by atoms with E-state index in [0.29, 0.717) is 5.69 Å². The fraction of sp³-hybridized carbons (Fsp3) is 0.318. The molecule has 2 fully saturated rings. The van der Waals surface area contributed by atoms with Gasteiger partial charge < -0.3 is 21.3 Å². The van der Waals surface area contributed by atoms with Crippen LogP contribution in [0.25, 0.3) is 0 Å². The van der Waals surface area contributed by atoms with Crippen molar-refractivity contribution in [1.82, 2.24) is 16.0 Å². The zero-order valence-corrected chi connectivity index (χ0v) is 16.6. The highest BCUT2D eigenvalue weighted by molar-refractivity contribution is 6.00. The van der Waals surface area contributed by atoms with E-state index in [2.05, 4.69) is 26.6 Å². The first-order valence-electron chi connectivity index (χ1n) is 10.1. The summed E-state index contributed by atoms with van der Waals surface area (Å²) in [7, 11) is 0. The maximum Gasteiger partial charge on any atom is 0.229 e. The predicted molar refractivity (Wildman–Crippen MR) is 113 cm³/mol. The van der Waals surface area contributed by atoms with Gasteiger partial charge in [0, 0.05) is 17.8 Å². The fourth-order valence-corrected chi connectivity index (χ4v) is 4.03. The summed E-state index contributed by atoms with van der Waals surface area (Å²) >= 11 is 0. The summed E-state index contributed by atoms with van der Waals surface area (Å²) in [5.74, 6) is -2.34. The molecule has 3 amide bonds. The monoisotopic (exact) mass is 407 g/mol. The molecular formula is C22H25N5O3. The summed E-state index contributed by atoms with van der Waals surface area (Å²) in [5.41, 5.74) is 2.53. The number of nitrogens with one attached hydrogen (secondary N) is 5. The number of amides is 3. The van der Waals surface area contributed by atoms with Crippen LogP contribution in [0.1, 0.15) is 18.9 Å². The van der Waals surface area contributed by atoms with Crippen molar-refractivity contribution in [2.24, 2.45) is 11.8 Å². The number of hydrogen-bond donors (Lipinski definition) is 5. The molecule has 4 unspecified atom stereocenters. The Hall–Kier alpha value is -3.39. The van der Waals surface area contributed by atoms with E-state index < -0.39 is 24.3 Å². The first-order valence-corrected chi connectivity index (χ1v) is 10.1. The van der Waals surface area contributed by atoms with Crippen molar-refractivity contribution in [3.8, 4) is 0 Å². The number of para-hydroxylation sites is 2. The van der Waals surface area contributed by atoms with Gasteiger partial charge in [0.15, 0.2) is 6.29 Å². The Morgan fingerprint density at radius 1 is 1.03 bits per heavy atom. The third-order valence-corrected chi connectivity index (χ3v) is 5.53. The first-order chi connectivity index (χ1) is 14.5. The lowest BCUT2D eigenvalue weighted by molar-refractivity contribution is -0.144. The van der Waals surface area contributed by atoms with Gasteiger partial charge in [-0.1, -0.05) is 43.3 Å². The second-order valence-electron chi connectivity index (χ2n) is 7.50. The maximum atomic E-state index is 13.0. The van der Waals surface area contributed by atoms with Gasteiger partial charge in [-0.3, -0.25) is 19.7 Å². The van der Waals surface area contributed by atoms with Gasteiger partial charge in [0.1, 0.15) is 0 Å². The summed E-state index contributed by atoms with van der Waals surface area (Å²) in [6.45, 7) is 2.01. The minimum atomic E-state index is -0.765. The Morgan fingerprint density at radius 2 is 1.77 bits per heavy atom. The van der Waals surface area contributed by atoms with E-state index >= 15 is 0 Å². The summed E-state index contributed by atoms with van der Waals surface area (Å²) in [6, 6.07) is 16.9. The number of piperidine rings is 1. The summed E-state index contributed by atoms with van der Waals surface area (Å²) < 4.78 is 0. The lowest BCUT2D eigenvalue weighted by atomic mass is 9.81. The SMILES string of the molecule is CCc1ccccc1NC(=O)C1CC(=O)NC2NC(Nc3ccccc3)NC(=O)C21. The molecule has 8 nitrogen and oxygen atoms in total. The molecule has 0 saturated carbocycles. The lowest BCUT2D eigenvalue weighted by Crippen LogP contribution is -2.72. The molecule has 2 saturated heterocycles. The average molecular weight is 407 g/mol. The quantitative estimate of drug-likeness (QED) is 0.514. The van der Waals surface area contributed by atoms with Crippen molar-refractivity contribution in [2.75, 3.05) is 10.6 Å². The Kier molecular flexibility index (Phi) is 5.67. The number of benzene rings is 2. The molecule has 2 heterocycles. The van der Waals surface area contributed by atoms with Crippen LogP contribution >= 0.6 is 0 Å². The van der Waals surface area contributed by atoms with Crippen LogP contribution < -0.4 is 26.6 Å². The smallest absolute Gasteiger partial charge is 0.229 e. The normalized spacial score (nSPS) is 25.5. The van der Waals surface area contributed by atoms with Gasteiger partial charge in [0.25, 0.3) is 0 Å². The van der Waals surface area contributed by atoms with E-state index in [0.717, 1.165) is 17.7 Å². The third kappa shape index (κ3) is 4.13. The Morgan fingerprint density at radius 3 is 2.53 bits per heavy atom. The van der Waals surface area contributed by atoms with Crippen LogP contribution in [0.2, 0.25) is 0 Å². The maximum absolute atomic E-state index is 13.0. The average Bonchev–Trinajstić information content (AvgIpc) is 2.74. The molecule has 5 N–H and O–H groups in total. The van der Waals surface area contributed by atoms with E-state index in [1.807, 2.05) is 61.5 Å². The molecule has 156 valence electrons. The number of anilines is 2. The van der Waals surface area contributed by atoms with Crippen LogP contribution in [-0.4, -0.2) is 30.2 Å². The Labute approximate surface area is 174 Å². The largest absolute Gasteiger partial charge is 0.353 e. The molecule has 30 heavy (non-hydrogen) atoms. The van der Waals surface area contributed by atoms with Gasteiger partial charge >= 0.3 is 0 Å². The second kappa shape index (κ2) is 8.54. The number of aryl methyl sites for hydroxylation is 1. The van der Waals surface area contributed by atoms with E-state index in [1.165, 1.54) is 0 Å². The standard InChI is InChI=1S/C22H25N5O3/c1-2-13-8-6-7-11-16(13)24-20(29)15-12-17(28)25-19-18(15)21(30)27-22(26-19)23-14-9-4-3-5-10-14/h3-11,15,18-19,22-23,26H,2,12H2,1H3,(H,24,29)(H,25,28)(H,27,30).